The van der Waals surface area contributed by atoms with Gasteiger partial charge in [-0.3, -0.25) is 14.9 Å². The summed E-state index contributed by atoms with van der Waals surface area (Å²) in [7, 11) is 0. The maximum absolute atomic E-state index is 11.4. The molecule has 0 aliphatic carbocycles. The molecule has 4 rings (SSSR count). The zero-order valence-electron chi connectivity index (χ0n) is 15.6. The molecule has 1 fully saturated rings. The van der Waals surface area contributed by atoms with Gasteiger partial charge in [0.1, 0.15) is 11.5 Å². The number of hydrogen-bond acceptors (Lipinski definition) is 5. The lowest BCUT2D eigenvalue weighted by molar-refractivity contribution is 0.0697. The predicted octanol–water partition coefficient (Wildman–Crippen LogP) is 3.89. The minimum absolute atomic E-state index is 0.258. The Bertz CT molecular complexity index is 931. The van der Waals surface area contributed by atoms with Gasteiger partial charge >= 0.3 is 5.97 Å². The molecule has 2 aromatic heterocycles. The average Bonchev–Trinajstić information content (AvgIpc) is 3.18. The lowest BCUT2D eigenvalue weighted by atomic mass is 9.92. The molecule has 1 aliphatic heterocycles. The Morgan fingerprint density at radius 1 is 1.14 bits per heavy atom. The summed E-state index contributed by atoms with van der Waals surface area (Å²) in [4.78, 5) is 22.3. The number of benzene rings is 1. The van der Waals surface area contributed by atoms with Gasteiger partial charge in [0.05, 0.1) is 17.8 Å². The Hall–Kier alpha value is -2.99. The molecule has 1 aliphatic rings. The van der Waals surface area contributed by atoms with Crippen molar-refractivity contribution in [3.05, 3.63) is 72.0 Å². The van der Waals surface area contributed by atoms with Gasteiger partial charge in [-0.1, -0.05) is 18.2 Å². The molecule has 0 saturated carbocycles. The summed E-state index contributed by atoms with van der Waals surface area (Å²) in [5.41, 5.74) is 1.94. The summed E-state index contributed by atoms with van der Waals surface area (Å²) < 4.78 is 5.96. The normalized spacial score (nSPS) is 15.6. The van der Waals surface area contributed by atoms with E-state index in [1.54, 1.807) is 30.6 Å². The van der Waals surface area contributed by atoms with Crippen molar-refractivity contribution in [2.45, 2.75) is 25.8 Å². The molecule has 0 spiro atoms. The summed E-state index contributed by atoms with van der Waals surface area (Å²) in [6.45, 7) is 2.78. The van der Waals surface area contributed by atoms with E-state index >= 15 is 0 Å². The SMILES string of the molecule is O=C(O)c1ccccc1-c1ccc(CN2CCC(Cc3cnccn3)CC2)o1. The van der Waals surface area contributed by atoms with Gasteiger partial charge < -0.3 is 9.52 Å². The van der Waals surface area contributed by atoms with Gasteiger partial charge in [0.25, 0.3) is 0 Å². The van der Waals surface area contributed by atoms with E-state index in [1.807, 2.05) is 24.4 Å². The molecule has 144 valence electrons. The number of rotatable bonds is 6. The summed E-state index contributed by atoms with van der Waals surface area (Å²) in [6, 6.07) is 10.7. The van der Waals surface area contributed by atoms with Gasteiger partial charge in [0.2, 0.25) is 0 Å². The van der Waals surface area contributed by atoms with Crippen LogP contribution in [0.5, 0.6) is 0 Å². The summed E-state index contributed by atoms with van der Waals surface area (Å²) in [5.74, 6) is 1.16. The van der Waals surface area contributed by atoms with Gasteiger partial charge in [-0.25, -0.2) is 4.79 Å². The molecule has 28 heavy (non-hydrogen) atoms. The van der Waals surface area contributed by atoms with Crippen LogP contribution in [0.15, 0.2) is 59.4 Å². The van der Waals surface area contributed by atoms with Crippen molar-refractivity contribution in [3.63, 3.8) is 0 Å². The molecule has 1 aromatic carbocycles. The van der Waals surface area contributed by atoms with E-state index in [2.05, 4.69) is 14.9 Å². The molecular formula is C22H23N3O3. The van der Waals surface area contributed by atoms with Crippen molar-refractivity contribution in [2.75, 3.05) is 13.1 Å². The van der Waals surface area contributed by atoms with E-state index in [1.165, 1.54) is 0 Å². The second-order valence-electron chi connectivity index (χ2n) is 7.24. The van der Waals surface area contributed by atoms with Crippen molar-refractivity contribution >= 4 is 5.97 Å². The summed E-state index contributed by atoms with van der Waals surface area (Å²) in [6.07, 6.45) is 8.56. The molecule has 0 bridgehead atoms. The van der Waals surface area contributed by atoms with Crippen LogP contribution in [-0.2, 0) is 13.0 Å². The van der Waals surface area contributed by atoms with Crippen molar-refractivity contribution in [1.82, 2.24) is 14.9 Å². The van der Waals surface area contributed by atoms with E-state index in [4.69, 9.17) is 4.42 Å². The van der Waals surface area contributed by atoms with Crippen LogP contribution in [0.3, 0.4) is 0 Å². The lowest BCUT2D eigenvalue weighted by Crippen LogP contribution is -2.33. The largest absolute Gasteiger partial charge is 0.478 e. The second kappa shape index (κ2) is 8.35. The molecule has 1 saturated heterocycles. The predicted molar refractivity (Wildman–Crippen MR) is 105 cm³/mol. The number of likely N-dealkylation sites (tertiary alicyclic amines) is 1. The Labute approximate surface area is 163 Å². The van der Waals surface area contributed by atoms with Crippen molar-refractivity contribution in [3.8, 4) is 11.3 Å². The van der Waals surface area contributed by atoms with E-state index in [9.17, 15) is 9.90 Å². The zero-order valence-corrected chi connectivity index (χ0v) is 15.6. The molecule has 3 heterocycles. The Balaban J connectivity index is 1.35. The molecule has 0 atom stereocenters. The Morgan fingerprint density at radius 3 is 2.71 bits per heavy atom. The van der Waals surface area contributed by atoms with Crippen molar-refractivity contribution < 1.29 is 14.3 Å². The van der Waals surface area contributed by atoms with Gasteiger partial charge in [0, 0.05) is 24.2 Å². The number of carboxylic acids is 1. The number of aromatic nitrogens is 2. The molecule has 1 N–H and O–H groups in total. The molecule has 0 unspecified atom stereocenters. The highest BCUT2D eigenvalue weighted by atomic mass is 16.4. The number of hydrogen-bond donors (Lipinski definition) is 1. The summed E-state index contributed by atoms with van der Waals surface area (Å²) in [5, 5.41) is 9.37. The van der Waals surface area contributed by atoms with Crippen LogP contribution >= 0.6 is 0 Å². The van der Waals surface area contributed by atoms with Crippen LogP contribution in [0, 0.1) is 5.92 Å². The number of furan rings is 1. The highest BCUT2D eigenvalue weighted by molar-refractivity contribution is 5.95. The van der Waals surface area contributed by atoms with Gasteiger partial charge in [-0.15, -0.1) is 0 Å². The summed E-state index contributed by atoms with van der Waals surface area (Å²) >= 11 is 0. The first-order valence-electron chi connectivity index (χ1n) is 9.57. The molecule has 0 amide bonds. The maximum atomic E-state index is 11.4. The van der Waals surface area contributed by atoms with Crippen LogP contribution in [0.1, 0.15) is 34.7 Å². The van der Waals surface area contributed by atoms with Crippen LogP contribution in [0.2, 0.25) is 0 Å². The lowest BCUT2D eigenvalue weighted by Gasteiger charge is -2.31. The molecule has 6 heteroatoms. The van der Waals surface area contributed by atoms with E-state index < -0.39 is 5.97 Å². The van der Waals surface area contributed by atoms with Gasteiger partial charge in [-0.05, 0) is 56.5 Å². The fourth-order valence-corrected chi connectivity index (χ4v) is 3.79. The van der Waals surface area contributed by atoms with Gasteiger partial charge in [-0.2, -0.15) is 0 Å². The Morgan fingerprint density at radius 2 is 1.96 bits per heavy atom. The number of aromatic carboxylic acids is 1. The van der Waals surface area contributed by atoms with Crippen molar-refractivity contribution in [2.24, 2.45) is 5.92 Å². The number of nitrogens with zero attached hydrogens (tertiary/aromatic N) is 3. The maximum Gasteiger partial charge on any atom is 0.336 e. The minimum atomic E-state index is -0.946. The molecule has 6 nitrogen and oxygen atoms in total. The first-order chi connectivity index (χ1) is 13.7. The smallest absolute Gasteiger partial charge is 0.336 e. The van der Waals surface area contributed by atoms with Crippen LogP contribution in [0.25, 0.3) is 11.3 Å². The number of carboxylic acid groups (broad SMARTS) is 1. The Kier molecular flexibility index (Phi) is 5.48. The highest BCUT2D eigenvalue weighted by Crippen LogP contribution is 2.28. The van der Waals surface area contributed by atoms with E-state index in [0.29, 0.717) is 17.2 Å². The van der Waals surface area contributed by atoms with Crippen molar-refractivity contribution in [1.29, 1.82) is 0 Å². The topological polar surface area (TPSA) is 79.5 Å². The third-order valence-electron chi connectivity index (χ3n) is 5.29. The van der Waals surface area contributed by atoms with E-state index in [0.717, 1.165) is 50.4 Å². The van der Waals surface area contributed by atoms with Crippen LogP contribution in [-0.4, -0.2) is 39.0 Å². The average molecular weight is 377 g/mol. The number of piperidine rings is 1. The molecule has 0 radical (unpaired) electrons. The third-order valence-corrected chi connectivity index (χ3v) is 5.29. The second-order valence-corrected chi connectivity index (χ2v) is 7.24. The van der Waals surface area contributed by atoms with E-state index in [-0.39, 0.29) is 5.56 Å². The fraction of sp³-hybridized carbons (Fsp3) is 0.318. The zero-order chi connectivity index (χ0) is 19.3. The first kappa shape index (κ1) is 18.4. The monoisotopic (exact) mass is 377 g/mol. The third kappa shape index (κ3) is 4.28. The highest BCUT2D eigenvalue weighted by Gasteiger charge is 2.21. The first-order valence-corrected chi connectivity index (χ1v) is 9.57. The van der Waals surface area contributed by atoms with Crippen LogP contribution in [0.4, 0.5) is 0 Å². The standard InChI is InChI=1S/C22H23N3O3/c26-22(27)20-4-2-1-3-19(20)21-6-5-18(28-21)15-25-11-7-16(8-12-25)13-17-14-23-9-10-24-17/h1-6,9-10,14,16H,7-8,11-13,15H2,(H,26,27). The van der Waals surface area contributed by atoms with Gasteiger partial charge in [0.15, 0.2) is 0 Å². The fourth-order valence-electron chi connectivity index (χ4n) is 3.79. The quantitative estimate of drug-likeness (QED) is 0.702. The molecular weight excluding hydrogens is 354 g/mol. The molecule has 3 aromatic rings. The van der Waals surface area contributed by atoms with Crippen LogP contribution < -0.4 is 0 Å². The minimum Gasteiger partial charge on any atom is -0.478 e. The number of carbonyl (C=O) groups is 1.